The second kappa shape index (κ2) is 14.0. The van der Waals surface area contributed by atoms with Gasteiger partial charge in [-0.25, -0.2) is 0 Å². The first-order valence-electron chi connectivity index (χ1n) is 9.40. The Morgan fingerprint density at radius 3 is 2.45 bits per heavy atom. The molecule has 0 saturated carbocycles. The van der Waals surface area contributed by atoms with Crippen LogP contribution in [-0.2, 0) is 0 Å². The maximum atomic E-state index is 9.02. The Kier molecular flexibility index (Phi) is 12.3. The summed E-state index contributed by atoms with van der Waals surface area (Å²) in [7, 11) is 0. The molecule has 1 N–H and O–H groups in total. The van der Waals surface area contributed by atoms with Crippen molar-refractivity contribution in [2.75, 3.05) is 19.7 Å². The van der Waals surface area contributed by atoms with E-state index in [9.17, 15) is 0 Å². The van der Waals surface area contributed by atoms with Crippen LogP contribution >= 0.6 is 0 Å². The lowest BCUT2D eigenvalue weighted by Gasteiger charge is -2.21. The Bertz CT molecular complexity index is 302. The van der Waals surface area contributed by atoms with Crippen molar-refractivity contribution in [3.8, 4) is 0 Å². The maximum absolute atomic E-state index is 9.02. The van der Waals surface area contributed by atoms with Gasteiger partial charge in [0, 0.05) is 19.3 Å². The number of aliphatic imine (C=N–C) groups is 1. The lowest BCUT2D eigenvalue weighted by atomic mass is 10.1. The molecule has 22 heavy (non-hydrogen) atoms. The van der Waals surface area contributed by atoms with Gasteiger partial charge in [0.25, 0.3) is 0 Å². The zero-order chi connectivity index (χ0) is 15.9. The van der Waals surface area contributed by atoms with E-state index in [0.717, 1.165) is 19.5 Å². The van der Waals surface area contributed by atoms with Gasteiger partial charge in [0.2, 0.25) is 0 Å². The number of unbranched alkanes of at least 4 members (excludes halogenated alkanes) is 8. The molecule has 3 heteroatoms. The average molecular weight is 309 g/mol. The SMILES string of the molecule is CCC/C=C/CCCCCCCCCC1N=CCN1CCO. The first-order valence-corrected chi connectivity index (χ1v) is 9.40. The summed E-state index contributed by atoms with van der Waals surface area (Å²) in [5.74, 6) is 0. The average Bonchev–Trinajstić information content (AvgIpc) is 2.96. The smallest absolute Gasteiger partial charge is 0.102 e. The Morgan fingerprint density at radius 2 is 1.73 bits per heavy atom. The minimum Gasteiger partial charge on any atom is -0.395 e. The first kappa shape index (κ1) is 19.4. The molecule has 1 rings (SSSR count). The fraction of sp³-hybridized carbons (Fsp3) is 0.842. The van der Waals surface area contributed by atoms with Gasteiger partial charge in [0.05, 0.1) is 6.61 Å². The van der Waals surface area contributed by atoms with Crippen LogP contribution in [0.5, 0.6) is 0 Å². The van der Waals surface area contributed by atoms with Crippen molar-refractivity contribution in [3.63, 3.8) is 0 Å². The van der Waals surface area contributed by atoms with Crippen LogP contribution in [0.15, 0.2) is 17.1 Å². The van der Waals surface area contributed by atoms with Crippen LogP contribution in [0.4, 0.5) is 0 Å². The highest BCUT2D eigenvalue weighted by Gasteiger charge is 2.19. The van der Waals surface area contributed by atoms with E-state index in [-0.39, 0.29) is 6.61 Å². The van der Waals surface area contributed by atoms with Crippen LogP contribution in [0, 0.1) is 0 Å². The van der Waals surface area contributed by atoms with Gasteiger partial charge in [-0.15, -0.1) is 0 Å². The topological polar surface area (TPSA) is 35.8 Å². The standard InChI is InChI=1S/C19H36N2O/c1-2-3-4-5-6-7-8-9-10-11-12-13-14-19-20-15-16-21(19)17-18-22/h4-5,15,19,22H,2-3,6-14,16-18H2,1H3/b5-4+. The largest absolute Gasteiger partial charge is 0.395 e. The fourth-order valence-electron chi connectivity index (χ4n) is 2.99. The van der Waals surface area contributed by atoms with Crippen LogP contribution in [0.1, 0.15) is 77.6 Å². The quantitative estimate of drug-likeness (QED) is 0.377. The zero-order valence-electron chi connectivity index (χ0n) is 14.6. The molecule has 128 valence electrons. The van der Waals surface area contributed by atoms with E-state index in [2.05, 4.69) is 29.0 Å². The Labute approximate surface area is 137 Å². The molecule has 0 aromatic heterocycles. The molecule has 1 atom stereocenters. The molecular formula is C19H36N2O. The second-order valence-electron chi connectivity index (χ2n) is 6.34. The molecule has 0 aromatic rings. The number of rotatable bonds is 14. The molecule has 0 saturated heterocycles. The van der Waals surface area contributed by atoms with E-state index in [1.165, 1.54) is 64.2 Å². The van der Waals surface area contributed by atoms with Crippen molar-refractivity contribution in [1.29, 1.82) is 0 Å². The molecule has 0 bridgehead atoms. The lowest BCUT2D eigenvalue weighted by Crippen LogP contribution is -2.32. The summed E-state index contributed by atoms with van der Waals surface area (Å²) < 4.78 is 0. The van der Waals surface area contributed by atoms with Crippen LogP contribution in [-0.4, -0.2) is 42.1 Å². The van der Waals surface area contributed by atoms with Gasteiger partial charge >= 0.3 is 0 Å². The van der Waals surface area contributed by atoms with E-state index in [4.69, 9.17) is 5.11 Å². The van der Waals surface area contributed by atoms with E-state index in [1.807, 2.05) is 6.21 Å². The van der Waals surface area contributed by atoms with Gasteiger partial charge in [-0.2, -0.15) is 0 Å². The van der Waals surface area contributed by atoms with Crippen LogP contribution < -0.4 is 0 Å². The van der Waals surface area contributed by atoms with Gasteiger partial charge in [-0.05, 0) is 32.1 Å². The Hall–Kier alpha value is -0.670. The number of hydrogen-bond acceptors (Lipinski definition) is 3. The number of hydrogen-bond donors (Lipinski definition) is 1. The lowest BCUT2D eigenvalue weighted by molar-refractivity contribution is 0.176. The molecule has 1 unspecified atom stereocenters. The van der Waals surface area contributed by atoms with Crippen molar-refractivity contribution >= 4 is 6.21 Å². The van der Waals surface area contributed by atoms with Crippen LogP contribution in [0.25, 0.3) is 0 Å². The number of nitrogens with zero attached hydrogens (tertiary/aromatic N) is 2. The van der Waals surface area contributed by atoms with Crippen molar-refractivity contribution in [3.05, 3.63) is 12.2 Å². The molecule has 0 spiro atoms. The zero-order valence-corrected chi connectivity index (χ0v) is 14.6. The third-order valence-corrected chi connectivity index (χ3v) is 4.36. The van der Waals surface area contributed by atoms with E-state index < -0.39 is 0 Å². The van der Waals surface area contributed by atoms with E-state index in [1.54, 1.807) is 0 Å². The summed E-state index contributed by atoms with van der Waals surface area (Å²) >= 11 is 0. The molecular weight excluding hydrogens is 272 g/mol. The van der Waals surface area contributed by atoms with E-state index >= 15 is 0 Å². The van der Waals surface area contributed by atoms with Gasteiger partial charge < -0.3 is 5.11 Å². The third-order valence-electron chi connectivity index (χ3n) is 4.36. The number of aliphatic hydroxyl groups is 1. The number of aliphatic hydroxyl groups excluding tert-OH is 1. The highest BCUT2D eigenvalue weighted by atomic mass is 16.3. The highest BCUT2D eigenvalue weighted by Crippen LogP contribution is 2.16. The van der Waals surface area contributed by atoms with Gasteiger partial charge in [0.15, 0.2) is 0 Å². The summed E-state index contributed by atoms with van der Waals surface area (Å²) in [6.45, 7) is 4.15. The summed E-state index contributed by atoms with van der Waals surface area (Å²) in [5.41, 5.74) is 0. The first-order chi connectivity index (χ1) is 10.9. The van der Waals surface area contributed by atoms with E-state index in [0.29, 0.717) is 6.17 Å². The van der Waals surface area contributed by atoms with Crippen LogP contribution in [0.2, 0.25) is 0 Å². The molecule has 0 fully saturated rings. The van der Waals surface area contributed by atoms with Gasteiger partial charge in [-0.1, -0.05) is 57.6 Å². The van der Waals surface area contributed by atoms with Gasteiger partial charge in [-0.3, -0.25) is 9.89 Å². The molecule has 0 aromatic carbocycles. The van der Waals surface area contributed by atoms with Crippen molar-refractivity contribution in [2.24, 2.45) is 4.99 Å². The minimum atomic E-state index is 0.244. The molecule has 1 heterocycles. The summed E-state index contributed by atoms with van der Waals surface area (Å²) in [6.07, 6.45) is 21.4. The summed E-state index contributed by atoms with van der Waals surface area (Å²) in [6, 6.07) is 0. The molecule has 1 aliphatic rings. The fourth-order valence-corrected chi connectivity index (χ4v) is 2.99. The Balaban J connectivity index is 1.84. The molecule has 0 aliphatic carbocycles. The second-order valence-corrected chi connectivity index (χ2v) is 6.34. The minimum absolute atomic E-state index is 0.244. The predicted molar refractivity (Wildman–Crippen MR) is 96.5 cm³/mol. The van der Waals surface area contributed by atoms with Crippen LogP contribution in [0.3, 0.4) is 0 Å². The molecule has 1 aliphatic heterocycles. The monoisotopic (exact) mass is 308 g/mol. The predicted octanol–water partition coefficient (Wildman–Crippen LogP) is 4.56. The highest BCUT2D eigenvalue weighted by molar-refractivity contribution is 5.62. The molecule has 0 radical (unpaired) electrons. The third kappa shape index (κ3) is 9.37. The number of β-amino-alcohol motifs (C(OH)–C–C–N with tert-alkyl or cyclic N) is 1. The van der Waals surface area contributed by atoms with Crippen molar-refractivity contribution in [2.45, 2.75) is 83.7 Å². The molecule has 0 amide bonds. The molecule has 3 nitrogen and oxygen atoms in total. The van der Waals surface area contributed by atoms with Crippen molar-refractivity contribution in [1.82, 2.24) is 4.90 Å². The summed E-state index contributed by atoms with van der Waals surface area (Å²) in [4.78, 5) is 6.78. The number of allylic oxidation sites excluding steroid dienone is 2. The normalized spacial score (nSPS) is 18.7. The summed E-state index contributed by atoms with van der Waals surface area (Å²) in [5, 5.41) is 9.02. The van der Waals surface area contributed by atoms with Crippen molar-refractivity contribution < 1.29 is 5.11 Å². The van der Waals surface area contributed by atoms with Gasteiger partial charge in [0.1, 0.15) is 6.17 Å². The maximum Gasteiger partial charge on any atom is 0.102 e. The Morgan fingerprint density at radius 1 is 1.05 bits per heavy atom.